The summed E-state index contributed by atoms with van der Waals surface area (Å²) in [6, 6.07) is 18.2. The van der Waals surface area contributed by atoms with Crippen molar-refractivity contribution in [2.45, 2.75) is 18.8 Å². The predicted molar refractivity (Wildman–Crippen MR) is 87.6 cm³/mol. The van der Waals surface area contributed by atoms with Crippen molar-refractivity contribution in [1.82, 2.24) is 0 Å². The van der Waals surface area contributed by atoms with Crippen molar-refractivity contribution in [3.63, 3.8) is 0 Å². The molecule has 0 radical (unpaired) electrons. The van der Waals surface area contributed by atoms with E-state index in [4.69, 9.17) is 4.89 Å². The van der Waals surface area contributed by atoms with Gasteiger partial charge in [-0.3, -0.25) is 0 Å². The van der Waals surface area contributed by atoms with Crippen LogP contribution in [0.5, 0.6) is 0 Å². The maximum atomic E-state index is 12.8. The minimum absolute atomic E-state index is 0.393. The number of carbonyl (C=O) groups is 2. The van der Waals surface area contributed by atoms with E-state index in [2.05, 4.69) is 4.89 Å². The van der Waals surface area contributed by atoms with E-state index >= 15 is 0 Å². The first-order chi connectivity index (χ1) is 11.6. The van der Waals surface area contributed by atoms with Gasteiger partial charge in [0, 0.05) is 0 Å². The molecule has 5 nitrogen and oxygen atoms in total. The first-order valence-electron chi connectivity index (χ1n) is 7.27. The van der Waals surface area contributed by atoms with E-state index in [0.29, 0.717) is 6.42 Å². The second-order valence-electron chi connectivity index (χ2n) is 4.94. The Balaban J connectivity index is 2.46. The third-order valence-electron chi connectivity index (χ3n) is 3.74. The molecule has 0 saturated heterocycles. The molecule has 6 heteroatoms. The van der Waals surface area contributed by atoms with E-state index in [0.717, 1.165) is 11.1 Å². The average molecular weight is 342 g/mol. The number of hydrogen-bond donors (Lipinski definition) is 0. The van der Waals surface area contributed by atoms with Crippen molar-refractivity contribution < 1.29 is 23.9 Å². The van der Waals surface area contributed by atoms with Crippen molar-refractivity contribution in [2.24, 2.45) is 0 Å². The summed E-state index contributed by atoms with van der Waals surface area (Å²) in [5.41, 5.74) is 2.14. The van der Waals surface area contributed by atoms with Gasteiger partial charge < -0.3 is 0 Å². The van der Waals surface area contributed by atoms with Crippen LogP contribution < -0.4 is 0 Å². The first-order valence-corrected chi connectivity index (χ1v) is 8.08. The number of benzene rings is 2. The van der Waals surface area contributed by atoms with Crippen LogP contribution in [-0.2, 0) is 29.3 Å². The van der Waals surface area contributed by atoms with Gasteiger partial charge in [0.2, 0.25) is 0 Å². The molecule has 2 aromatic rings. The number of hydrogen-bond acceptors (Lipinski definition) is 5. The Kier molecular flexibility index (Phi) is 6.14. The third-order valence-corrected chi connectivity index (χ3v) is 4.02. The molecule has 0 amide bonds. The van der Waals surface area contributed by atoms with Crippen molar-refractivity contribution in [1.29, 1.82) is 0 Å². The van der Waals surface area contributed by atoms with E-state index in [1.165, 1.54) is 0 Å². The summed E-state index contributed by atoms with van der Waals surface area (Å²) in [5.74, 6) is -1.86. The maximum absolute atomic E-state index is 12.8. The van der Waals surface area contributed by atoms with Gasteiger partial charge in [-0.05, 0) is 0 Å². The topological polar surface area (TPSA) is 69.7 Å². The van der Waals surface area contributed by atoms with Gasteiger partial charge in [-0.15, -0.1) is 0 Å². The zero-order chi connectivity index (χ0) is 17.4. The van der Waals surface area contributed by atoms with E-state index < -0.39 is 25.3 Å². The Morgan fingerprint density at radius 2 is 1.46 bits per heavy atom. The molecular formula is C18H15O5P. The fourth-order valence-electron chi connectivity index (χ4n) is 2.60. The third kappa shape index (κ3) is 3.65. The second-order valence-corrected chi connectivity index (χ2v) is 5.34. The fourth-order valence-corrected chi connectivity index (χ4v) is 2.71. The van der Waals surface area contributed by atoms with Crippen LogP contribution >= 0.6 is 7.92 Å². The van der Waals surface area contributed by atoms with E-state index in [9.17, 15) is 14.2 Å². The van der Waals surface area contributed by atoms with Crippen LogP contribution in [0.25, 0.3) is 0 Å². The molecule has 0 fully saturated rings. The van der Waals surface area contributed by atoms with Gasteiger partial charge in [0.25, 0.3) is 0 Å². The molecule has 2 aromatic carbocycles. The Hall–Kier alpha value is -2.61. The van der Waals surface area contributed by atoms with Crippen molar-refractivity contribution in [3.05, 3.63) is 71.8 Å². The summed E-state index contributed by atoms with van der Waals surface area (Å²) in [5, 5.41) is 0. The van der Waals surface area contributed by atoms with Crippen LogP contribution in [0.15, 0.2) is 60.7 Å². The normalized spacial score (nSPS) is 10.4. The van der Waals surface area contributed by atoms with Gasteiger partial charge in [0.05, 0.1) is 0 Å². The molecule has 0 aliphatic carbocycles. The minimum atomic E-state index is -1.13. The van der Waals surface area contributed by atoms with Gasteiger partial charge in [-0.2, -0.15) is 0 Å². The molecule has 0 aromatic heterocycles. The Labute approximate surface area is 140 Å². The molecular weight excluding hydrogens is 327 g/mol. The zero-order valence-corrected chi connectivity index (χ0v) is 13.9. The monoisotopic (exact) mass is 342 g/mol. The van der Waals surface area contributed by atoms with E-state index in [-0.39, 0.29) is 0 Å². The fraction of sp³-hybridized carbons (Fsp3) is 0.167. The summed E-state index contributed by atoms with van der Waals surface area (Å²) in [6.07, 6.45) is 0.393. The van der Waals surface area contributed by atoms with Crippen LogP contribution in [0, 0.1) is 5.63 Å². The van der Waals surface area contributed by atoms with Gasteiger partial charge in [-0.1, -0.05) is 0 Å². The summed E-state index contributed by atoms with van der Waals surface area (Å²) >= 11 is 0. The molecule has 0 bridgehead atoms. The molecule has 0 unspecified atom stereocenters. The number of rotatable bonds is 4. The van der Waals surface area contributed by atoms with Crippen molar-refractivity contribution in [3.8, 4) is 5.63 Å². The zero-order valence-electron chi connectivity index (χ0n) is 13.0. The predicted octanol–water partition coefficient (Wildman–Crippen LogP) is 3.64. The first kappa shape index (κ1) is 17.7. The van der Waals surface area contributed by atoms with Crippen LogP contribution in [0.1, 0.15) is 24.5 Å². The van der Waals surface area contributed by atoms with Gasteiger partial charge in [0.15, 0.2) is 0 Å². The van der Waals surface area contributed by atoms with Gasteiger partial charge in [0.1, 0.15) is 0 Å². The van der Waals surface area contributed by atoms with Crippen molar-refractivity contribution in [2.75, 3.05) is 0 Å². The van der Waals surface area contributed by atoms with Crippen LogP contribution in [0.2, 0.25) is 0 Å². The molecule has 0 heterocycles. The van der Waals surface area contributed by atoms with Crippen LogP contribution in [0.3, 0.4) is 0 Å². The summed E-state index contributed by atoms with van der Waals surface area (Å²) < 4.78 is 10.3. The summed E-state index contributed by atoms with van der Waals surface area (Å²) in [4.78, 5) is 33.1. The number of carbonyl (C=O) groups excluding carboxylic acids is 2. The molecule has 0 aliphatic rings. The van der Waals surface area contributed by atoms with Crippen molar-refractivity contribution >= 4 is 19.9 Å². The Morgan fingerprint density at radius 3 is 1.88 bits per heavy atom. The quantitative estimate of drug-likeness (QED) is 0.482. The summed E-state index contributed by atoms with van der Waals surface area (Å²) in [7, 11) is -0.645. The molecule has 0 aliphatic heterocycles. The molecule has 24 heavy (non-hydrogen) atoms. The molecule has 0 atom stereocenters. The van der Waals surface area contributed by atoms with Crippen LogP contribution in [-0.4, -0.2) is 11.9 Å². The average Bonchev–Trinajstić information content (AvgIpc) is 2.63. The SMILES string of the molecule is CCC(C(=O)OOC(=O)C#P=O)(c1ccccc1)c1ccccc1. The molecule has 0 saturated carbocycles. The Bertz CT molecular complexity index is 772. The standard InChI is InChI=1S/C18H15O5P/c1-2-18(14-9-5-3-6-10-14,15-11-7-4-8-12-15)17(20)23-22-16(19)13-24-21/h3-12H,2H2,1H3. The second kappa shape index (κ2) is 8.30. The molecule has 122 valence electrons. The molecule has 2 rings (SSSR count). The molecule has 0 spiro atoms. The van der Waals surface area contributed by atoms with E-state index in [1.807, 2.05) is 73.2 Å². The van der Waals surface area contributed by atoms with Gasteiger partial charge in [-0.25, -0.2) is 0 Å². The summed E-state index contributed by atoms with van der Waals surface area (Å²) in [6.45, 7) is 1.84. The Morgan fingerprint density at radius 1 is 0.958 bits per heavy atom. The van der Waals surface area contributed by atoms with Gasteiger partial charge >= 0.3 is 140 Å². The van der Waals surface area contributed by atoms with Crippen LogP contribution in [0.4, 0.5) is 0 Å². The molecule has 0 N–H and O–H groups in total. The van der Waals surface area contributed by atoms with E-state index in [1.54, 1.807) is 0 Å².